The molecule has 0 aliphatic carbocycles. The first-order valence-corrected chi connectivity index (χ1v) is 5.54. The first kappa shape index (κ1) is 10.9. The molecule has 0 fully saturated rings. The Morgan fingerprint density at radius 2 is 2.19 bits per heavy atom. The van der Waals surface area contributed by atoms with Crippen molar-refractivity contribution in [1.82, 2.24) is 4.98 Å². The SMILES string of the molecule is CCc1ccc2nc(Cl)c(C#N)c(C)c2c1. The highest BCUT2D eigenvalue weighted by Gasteiger charge is 2.10. The molecule has 0 atom stereocenters. The maximum absolute atomic E-state index is 9.01. The Balaban J connectivity index is 2.85. The second kappa shape index (κ2) is 4.11. The van der Waals surface area contributed by atoms with Gasteiger partial charge in [-0.05, 0) is 36.6 Å². The number of halogens is 1. The molecule has 0 spiro atoms. The molecule has 1 aromatic carbocycles. The second-order valence-electron chi connectivity index (χ2n) is 3.72. The van der Waals surface area contributed by atoms with Crippen LogP contribution in [-0.4, -0.2) is 4.98 Å². The van der Waals surface area contributed by atoms with E-state index >= 15 is 0 Å². The number of aromatic nitrogens is 1. The highest BCUT2D eigenvalue weighted by molar-refractivity contribution is 6.31. The number of aryl methyl sites for hydroxylation is 2. The summed E-state index contributed by atoms with van der Waals surface area (Å²) in [6.45, 7) is 4.01. The summed E-state index contributed by atoms with van der Waals surface area (Å²) in [5.74, 6) is 0. The van der Waals surface area contributed by atoms with E-state index in [1.165, 1.54) is 5.56 Å². The lowest BCUT2D eigenvalue weighted by Gasteiger charge is -2.07. The van der Waals surface area contributed by atoms with Crippen molar-refractivity contribution in [2.75, 3.05) is 0 Å². The average Bonchev–Trinajstić information content (AvgIpc) is 2.29. The number of rotatable bonds is 1. The van der Waals surface area contributed by atoms with Gasteiger partial charge in [-0.1, -0.05) is 24.6 Å². The number of hydrogen-bond donors (Lipinski definition) is 0. The molecule has 0 unspecified atom stereocenters. The molecule has 2 nitrogen and oxygen atoms in total. The average molecular weight is 231 g/mol. The predicted molar refractivity (Wildman–Crippen MR) is 65.6 cm³/mol. The molecule has 0 saturated carbocycles. The molecule has 0 aliphatic heterocycles. The lowest BCUT2D eigenvalue weighted by molar-refractivity contribution is 1.14. The first-order chi connectivity index (χ1) is 7.67. The van der Waals surface area contributed by atoms with Gasteiger partial charge in [0.05, 0.1) is 11.1 Å². The highest BCUT2D eigenvalue weighted by atomic mass is 35.5. The Bertz CT molecular complexity index is 597. The van der Waals surface area contributed by atoms with Crippen molar-refractivity contribution in [3.05, 3.63) is 40.0 Å². The zero-order valence-corrected chi connectivity index (χ0v) is 9.97. The minimum Gasteiger partial charge on any atom is -0.235 e. The summed E-state index contributed by atoms with van der Waals surface area (Å²) in [7, 11) is 0. The van der Waals surface area contributed by atoms with Crippen LogP contribution in [0.4, 0.5) is 0 Å². The van der Waals surface area contributed by atoms with Crippen LogP contribution in [0.5, 0.6) is 0 Å². The van der Waals surface area contributed by atoms with Crippen LogP contribution >= 0.6 is 11.6 Å². The van der Waals surface area contributed by atoms with Crippen LogP contribution in [0.25, 0.3) is 10.9 Å². The molecule has 0 N–H and O–H groups in total. The van der Waals surface area contributed by atoms with Crippen LogP contribution in [0.1, 0.15) is 23.6 Å². The third kappa shape index (κ3) is 1.64. The summed E-state index contributed by atoms with van der Waals surface area (Å²) in [4.78, 5) is 4.23. The number of nitrogens with zero attached hydrogens (tertiary/aromatic N) is 2. The van der Waals surface area contributed by atoms with Crippen molar-refractivity contribution in [3.8, 4) is 6.07 Å². The van der Waals surface area contributed by atoms with Crippen molar-refractivity contribution >= 4 is 22.5 Å². The first-order valence-electron chi connectivity index (χ1n) is 5.16. The van der Waals surface area contributed by atoms with Gasteiger partial charge in [-0.2, -0.15) is 5.26 Å². The van der Waals surface area contributed by atoms with Crippen molar-refractivity contribution in [2.45, 2.75) is 20.3 Å². The minimum atomic E-state index is 0.289. The van der Waals surface area contributed by atoms with Crippen LogP contribution < -0.4 is 0 Å². The van der Waals surface area contributed by atoms with Gasteiger partial charge in [0.1, 0.15) is 11.2 Å². The monoisotopic (exact) mass is 230 g/mol. The Morgan fingerprint density at radius 3 is 2.81 bits per heavy atom. The van der Waals surface area contributed by atoms with E-state index in [2.05, 4.69) is 24.0 Å². The Morgan fingerprint density at radius 1 is 1.44 bits per heavy atom. The van der Waals surface area contributed by atoms with Gasteiger partial charge in [-0.3, -0.25) is 0 Å². The number of fused-ring (bicyclic) bond motifs is 1. The lowest BCUT2D eigenvalue weighted by Crippen LogP contribution is -1.92. The molecule has 16 heavy (non-hydrogen) atoms. The summed E-state index contributed by atoms with van der Waals surface area (Å²) >= 11 is 5.95. The summed E-state index contributed by atoms with van der Waals surface area (Å²) in [6, 6.07) is 8.17. The fourth-order valence-electron chi connectivity index (χ4n) is 1.78. The number of benzene rings is 1. The molecule has 0 amide bonds. The standard InChI is InChI=1S/C13H11ClN2/c1-3-9-4-5-12-10(6-9)8(2)11(7-15)13(14)16-12/h4-6H,3H2,1-2H3. The molecular formula is C13H11ClN2. The van der Waals surface area contributed by atoms with E-state index in [1.54, 1.807) is 0 Å². The van der Waals surface area contributed by atoms with Crippen LogP contribution in [0.3, 0.4) is 0 Å². The van der Waals surface area contributed by atoms with Gasteiger partial charge in [0.25, 0.3) is 0 Å². The van der Waals surface area contributed by atoms with Gasteiger partial charge in [0.2, 0.25) is 0 Å². The van der Waals surface area contributed by atoms with Gasteiger partial charge in [-0.25, -0.2) is 4.98 Å². The summed E-state index contributed by atoms with van der Waals surface area (Å²) < 4.78 is 0. The quantitative estimate of drug-likeness (QED) is 0.702. The minimum absolute atomic E-state index is 0.289. The summed E-state index contributed by atoms with van der Waals surface area (Å²) in [5.41, 5.74) is 3.47. The van der Waals surface area contributed by atoms with E-state index < -0.39 is 0 Å². The van der Waals surface area contributed by atoms with Gasteiger partial charge in [-0.15, -0.1) is 0 Å². The summed E-state index contributed by atoms with van der Waals surface area (Å²) in [6.07, 6.45) is 0.972. The number of hydrogen-bond acceptors (Lipinski definition) is 2. The van der Waals surface area contributed by atoms with Gasteiger partial charge >= 0.3 is 0 Å². The molecule has 0 bridgehead atoms. The number of nitriles is 1. The molecule has 1 heterocycles. The van der Waals surface area contributed by atoms with Crippen LogP contribution in [0.2, 0.25) is 5.15 Å². The van der Waals surface area contributed by atoms with E-state index in [0.717, 1.165) is 22.9 Å². The van der Waals surface area contributed by atoms with Gasteiger partial charge in [0.15, 0.2) is 0 Å². The van der Waals surface area contributed by atoms with E-state index in [4.69, 9.17) is 16.9 Å². The third-order valence-corrected chi connectivity index (χ3v) is 3.06. The highest BCUT2D eigenvalue weighted by Crippen LogP contribution is 2.26. The van der Waals surface area contributed by atoms with Gasteiger partial charge in [0, 0.05) is 5.39 Å². The molecule has 3 heteroatoms. The van der Waals surface area contributed by atoms with Crippen molar-refractivity contribution in [1.29, 1.82) is 5.26 Å². The summed E-state index contributed by atoms with van der Waals surface area (Å²) in [5, 5.41) is 10.3. The Labute approximate surface area is 99.5 Å². The van der Waals surface area contributed by atoms with E-state index in [0.29, 0.717) is 5.56 Å². The van der Waals surface area contributed by atoms with E-state index in [1.807, 2.05) is 19.1 Å². The predicted octanol–water partition coefficient (Wildman–Crippen LogP) is 3.63. The van der Waals surface area contributed by atoms with Crippen molar-refractivity contribution < 1.29 is 0 Å². The fraction of sp³-hybridized carbons (Fsp3) is 0.231. The van der Waals surface area contributed by atoms with E-state index in [-0.39, 0.29) is 5.15 Å². The zero-order valence-electron chi connectivity index (χ0n) is 9.21. The molecule has 2 aromatic rings. The number of pyridine rings is 1. The van der Waals surface area contributed by atoms with Crippen LogP contribution in [-0.2, 0) is 6.42 Å². The topological polar surface area (TPSA) is 36.7 Å². The molecule has 0 aliphatic rings. The Hall–Kier alpha value is -1.59. The third-order valence-electron chi connectivity index (χ3n) is 2.78. The van der Waals surface area contributed by atoms with E-state index in [9.17, 15) is 0 Å². The Kier molecular flexibility index (Phi) is 2.80. The molecule has 80 valence electrons. The maximum atomic E-state index is 9.01. The molecule has 2 rings (SSSR count). The van der Waals surface area contributed by atoms with Crippen LogP contribution in [0.15, 0.2) is 18.2 Å². The van der Waals surface area contributed by atoms with Crippen LogP contribution in [0, 0.1) is 18.3 Å². The van der Waals surface area contributed by atoms with Gasteiger partial charge < -0.3 is 0 Å². The normalized spacial score (nSPS) is 10.4. The zero-order chi connectivity index (χ0) is 11.7. The van der Waals surface area contributed by atoms with Crippen molar-refractivity contribution in [3.63, 3.8) is 0 Å². The largest absolute Gasteiger partial charge is 0.235 e. The fourth-order valence-corrected chi connectivity index (χ4v) is 2.06. The molecule has 0 saturated heterocycles. The van der Waals surface area contributed by atoms with Crippen molar-refractivity contribution in [2.24, 2.45) is 0 Å². The molecule has 0 radical (unpaired) electrons. The molecular weight excluding hydrogens is 220 g/mol. The smallest absolute Gasteiger partial charge is 0.147 e. The molecule has 1 aromatic heterocycles. The lowest BCUT2D eigenvalue weighted by atomic mass is 10.0. The second-order valence-corrected chi connectivity index (χ2v) is 4.08. The maximum Gasteiger partial charge on any atom is 0.147 e.